The van der Waals surface area contributed by atoms with Crippen LogP contribution < -0.4 is 11.1 Å². The maximum Gasteiger partial charge on any atom is 0.340 e. The topological polar surface area (TPSA) is 73.6 Å². The van der Waals surface area contributed by atoms with E-state index in [-0.39, 0.29) is 5.97 Å². The molecule has 0 aliphatic heterocycles. The number of methoxy groups -OCH3 is 1. The predicted molar refractivity (Wildman–Crippen MR) is 81.0 cm³/mol. The fourth-order valence-corrected chi connectivity index (χ4v) is 1.78. The van der Waals surface area contributed by atoms with E-state index in [2.05, 4.69) is 12.2 Å². The van der Waals surface area contributed by atoms with Crippen LogP contribution in [0, 0.1) is 0 Å². The van der Waals surface area contributed by atoms with Crippen molar-refractivity contribution < 1.29 is 14.3 Å². The second-order valence-electron chi connectivity index (χ2n) is 4.51. The normalized spacial score (nSPS) is 10.3. The Labute approximate surface area is 120 Å². The summed E-state index contributed by atoms with van der Waals surface area (Å²) in [4.78, 5) is 11.7. The zero-order valence-electron chi connectivity index (χ0n) is 12.3. The third-order valence-electron chi connectivity index (χ3n) is 2.91. The van der Waals surface area contributed by atoms with Crippen LogP contribution in [0.1, 0.15) is 36.5 Å². The van der Waals surface area contributed by atoms with Gasteiger partial charge in [-0.25, -0.2) is 4.79 Å². The summed E-state index contributed by atoms with van der Waals surface area (Å²) < 4.78 is 10.2. The van der Waals surface area contributed by atoms with Crippen molar-refractivity contribution in [1.29, 1.82) is 0 Å². The van der Waals surface area contributed by atoms with E-state index in [1.807, 2.05) is 0 Å². The highest BCUT2D eigenvalue weighted by Gasteiger charge is 2.13. The number of rotatable bonds is 9. The van der Waals surface area contributed by atoms with Gasteiger partial charge < -0.3 is 20.5 Å². The van der Waals surface area contributed by atoms with Gasteiger partial charge in [0.15, 0.2) is 0 Å². The Balaban J connectivity index is 2.45. The lowest BCUT2D eigenvalue weighted by atomic mass is 10.1. The zero-order chi connectivity index (χ0) is 14.8. The van der Waals surface area contributed by atoms with E-state index >= 15 is 0 Å². The lowest BCUT2D eigenvalue weighted by Gasteiger charge is -2.13. The lowest BCUT2D eigenvalue weighted by Crippen LogP contribution is -2.12. The average Bonchev–Trinajstić information content (AvgIpc) is 2.46. The molecule has 1 aromatic carbocycles. The highest BCUT2D eigenvalue weighted by Crippen LogP contribution is 2.24. The van der Waals surface area contributed by atoms with Crippen molar-refractivity contribution in [3.8, 4) is 0 Å². The van der Waals surface area contributed by atoms with Crippen LogP contribution in [-0.2, 0) is 9.47 Å². The Morgan fingerprint density at radius 2 is 2.05 bits per heavy atom. The molecule has 112 valence electrons. The number of nitrogens with one attached hydrogen (secondary N) is 1. The fourth-order valence-electron chi connectivity index (χ4n) is 1.78. The minimum atomic E-state index is -0.390. The van der Waals surface area contributed by atoms with Gasteiger partial charge in [-0.05, 0) is 25.0 Å². The summed E-state index contributed by atoms with van der Waals surface area (Å²) in [6.07, 6.45) is 3.09. The first-order valence-corrected chi connectivity index (χ1v) is 6.99. The summed E-state index contributed by atoms with van der Waals surface area (Å²) >= 11 is 0. The van der Waals surface area contributed by atoms with Gasteiger partial charge in [0.1, 0.15) is 0 Å². The van der Waals surface area contributed by atoms with Crippen LogP contribution in [0.25, 0.3) is 0 Å². The monoisotopic (exact) mass is 280 g/mol. The van der Waals surface area contributed by atoms with Gasteiger partial charge in [0, 0.05) is 19.8 Å². The number of hydrogen-bond acceptors (Lipinski definition) is 5. The maximum atomic E-state index is 11.7. The Kier molecular flexibility index (Phi) is 7.50. The molecule has 0 aliphatic rings. The number of ether oxygens (including phenoxy) is 2. The zero-order valence-corrected chi connectivity index (χ0v) is 12.3. The molecule has 0 saturated heterocycles. The number of para-hydroxylation sites is 1. The molecule has 1 aromatic rings. The van der Waals surface area contributed by atoms with E-state index < -0.39 is 0 Å². The van der Waals surface area contributed by atoms with Gasteiger partial charge in [-0.2, -0.15) is 0 Å². The van der Waals surface area contributed by atoms with Gasteiger partial charge in [0.05, 0.1) is 24.0 Å². The van der Waals surface area contributed by atoms with Crippen molar-refractivity contribution in [2.24, 2.45) is 0 Å². The smallest absolute Gasteiger partial charge is 0.340 e. The molecule has 0 aliphatic carbocycles. The second-order valence-corrected chi connectivity index (χ2v) is 4.51. The van der Waals surface area contributed by atoms with Crippen LogP contribution in [0.4, 0.5) is 11.4 Å². The Morgan fingerprint density at radius 3 is 2.75 bits per heavy atom. The molecule has 5 nitrogen and oxygen atoms in total. The van der Waals surface area contributed by atoms with Crippen LogP contribution in [0.5, 0.6) is 0 Å². The van der Waals surface area contributed by atoms with Crippen LogP contribution in [0.2, 0.25) is 0 Å². The highest BCUT2D eigenvalue weighted by molar-refractivity contribution is 5.98. The van der Waals surface area contributed by atoms with Crippen LogP contribution in [0.3, 0.4) is 0 Å². The Hall–Kier alpha value is -1.75. The number of nitrogen functional groups attached to an aromatic ring is 1. The molecule has 20 heavy (non-hydrogen) atoms. The van der Waals surface area contributed by atoms with Crippen molar-refractivity contribution in [3.63, 3.8) is 0 Å². The Bertz CT molecular complexity index is 422. The first-order chi connectivity index (χ1) is 9.70. The molecule has 0 atom stereocenters. The highest BCUT2D eigenvalue weighted by atomic mass is 16.5. The number of benzene rings is 1. The minimum absolute atomic E-state index is 0.390. The van der Waals surface area contributed by atoms with Crippen molar-refractivity contribution >= 4 is 17.3 Å². The fraction of sp³-hybridized carbons (Fsp3) is 0.533. The molecule has 5 heteroatoms. The maximum absolute atomic E-state index is 11.7. The van der Waals surface area contributed by atoms with Crippen molar-refractivity contribution in [2.75, 3.05) is 37.9 Å². The molecule has 0 saturated carbocycles. The van der Waals surface area contributed by atoms with Crippen LogP contribution in [0.15, 0.2) is 18.2 Å². The summed E-state index contributed by atoms with van der Waals surface area (Å²) in [6.45, 7) is 4.34. The quantitative estimate of drug-likeness (QED) is 0.413. The molecule has 3 N–H and O–H groups in total. The van der Waals surface area contributed by atoms with E-state index in [9.17, 15) is 4.79 Å². The van der Waals surface area contributed by atoms with Crippen molar-refractivity contribution in [2.45, 2.75) is 26.2 Å². The summed E-state index contributed by atoms with van der Waals surface area (Å²) in [7, 11) is 1.36. The second kappa shape index (κ2) is 9.20. The van der Waals surface area contributed by atoms with Crippen molar-refractivity contribution in [1.82, 2.24) is 0 Å². The van der Waals surface area contributed by atoms with Crippen molar-refractivity contribution in [3.05, 3.63) is 23.8 Å². The van der Waals surface area contributed by atoms with Gasteiger partial charge in [-0.1, -0.05) is 19.4 Å². The average molecular weight is 280 g/mol. The standard InChI is InChI=1S/C15H24N2O3/c1-3-4-10-20-11-6-9-17-14-12(15(18)19-2)7-5-8-13(14)16/h5,7-8,17H,3-4,6,9-11,16H2,1-2H3. The minimum Gasteiger partial charge on any atom is -0.465 e. The molecule has 0 unspecified atom stereocenters. The number of carbonyl (C=O) groups is 1. The summed E-state index contributed by atoms with van der Waals surface area (Å²) in [5.74, 6) is -0.390. The number of carbonyl (C=O) groups excluding carboxylic acids is 1. The molecule has 0 spiro atoms. The van der Waals surface area contributed by atoms with E-state index in [1.54, 1.807) is 18.2 Å². The molecule has 0 fully saturated rings. The van der Waals surface area contributed by atoms with Gasteiger partial charge in [0.2, 0.25) is 0 Å². The largest absolute Gasteiger partial charge is 0.465 e. The predicted octanol–water partition coefficient (Wildman–Crippen LogP) is 2.67. The van der Waals surface area contributed by atoms with Gasteiger partial charge >= 0.3 is 5.97 Å². The number of hydrogen-bond donors (Lipinski definition) is 2. The molecule has 0 heterocycles. The third kappa shape index (κ3) is 5.09. The number of esters is 1. The van der Waals surface area contributed by atoms with Gasteiger partial charge in [-0.3, -0.25) is 0 Å². The molecule has 0 amide bonds. The molecular formula is C15H24N2O3. The first kappa shape index (κ1) is 16.3. The molecule has 0 radical (unpaired) electrons. The van der Waals surface area contributed by atoms with Crippen LogP contribution >= 0.6 is 0 Å². The summed E-state index contributed by atoms with van der Waals surface area (Å²) in [5.41, 5.74) is 7.52. The number of unbranched alkanes of at least 4 members (excludes halogenated alkanes) is 1. The first-order valence-electron chi connectivity index (χ1n) is 6.99. The Morgan fingerprint density at radius 1 is 1.30 bits per heavy atom. The van der Waals surface area contributed by atoms with Crippen LogP contribution in [-0.4, -0.2) is 32.8 Å². The molecular weight excluding hydrogens is 256 g/mol. The van der Waals surface area contributed by atoms with E-state index in [1.165, 1.54) is 7.11 Å². The molecule has 0 aromatic heterocycles. The van der Waals surface area contributed by atoms with E-state index in [0.29, 0.717) is 30.1 Å². The lowest BCUT2D eigenvalue weighted by molar-refractivity contribution is 0.0602. The van der Waals surface area contributed by atoms with E-state index in [0.717, 1.165) is 25.9 Å². The molecule has 1 rings (SSSR count). The summed E-state index contributed by atoms with van der Waals surface area (Å²) in [5, 5.41) is 3.18. The SMILES string of the molecule is CCCCOCCCNc1c(N)cccc1C(=O)OC. The van der Waals surface area contributed by atoms with E-state index in [4.69, 9.17) is 15.2 Å². The number of anilines is 2. The summed E-state index contributed by atoms with van der Waals surface area (Å²) in [6, 6.07) is 5.19. The van der Waals surface area contributed by atoms with Gasteiger partial charge in [-0.15, -0.1) is 0 Å². The number of nitrogens with two attached hydrogens (primary N) is 1. The third-order valence-corrected chi connectivity index (χ3v) is 2.91. The van der Waals surface area contributed by atoms with Gasteiger partial charge in [0.25, 0.3) is 0 Å². The molecule has 0 bridgehead atoms.